The molecule has 1 aliphatic heterocycles. The summed E-state index contributed by atoms with van der Waals surface area (Å²) >= 11 is 0. The first-order valence-corrected chi connectivity index (χ1v) is 15.5. The zero-order valence-corrected chi connectivity index (χ0v) is 23.3. The van der Waals surface area contributed by atoms with E-state index in [0.29, 0.717) is 24.3 Å². The third-order valence-electron chi connectivity index (χ3n) is 11.6. The van der Waals surface area contributed by atoms with Crippen molar-refractivity contribution in [3.8, 4) is 5.75 Å². The zero-order valence-electron chi connectivity index (χ0n) is 23.3. The SMILES string of the molecule is O=C(c1ccccc1)N(Cc1ccccc1)[C@H]1CC23CCN(CC4CC4)C4CCC1CC42Cc1ccc(O)cc13. The fraction of sp³-hybridized carbons (Fsp3) is 0.472. The highest BCUT2D eigenvalue weighted by molar-refractivity contribution is 5.94. The van der Waals surface area contributed by atoms with Gasteiger partial charge in [-0.2, -0.15) is 0 Å². The average Bonchev–Trinajstić information content (AvgIpc) is 3.77. The molecule has 3 aromatic rings. The Hall–Kier alpha value is -3.11. The summed E-state index contributed by atoms with van der Waals surface area (Å²) < 4.78 is 0. The number of hydrogen-bond acceptors (Lipinski definition) is 3. The third-order valence-corrected chi connectivity index (χ3v) is 11.6. The maximum absolute atomic E-state index is 14.3. The van der Waals surface area contributed by atoms with E-state index in [9.17, 15) is 9.90 Å². The Morgan fingerprint density at radius 1 is 0.925 bits per heavy atom. The van der Waals surface area contributed by atoms with Gasteiger partial charge in [0.05, 0.1) is 0 Å². The molecule has 4 nitrogen and oxygen atoms in total. The lowest BCUT2D eigenvalue weighted by molar-refractivity contribution is -0.139. The van der Waals surface area contributed by atoms with Gasteiger partial charge in [-0.1, -0.05) is 54.6 Å². The first kappa shape index (κ1) is 24.7. The van der Waals surface area contributed by atoms with Crippen molar-refractivity contribution in [2.24, 2.45) is 17.3 Å². The van der Waals surface area contributed by atoms with Crippen molar-refractivity contribution in [3.05, 3.63) is 101 Å². The molecule has 8 rings (SSSR count). The number of hydrogen-bond donors (Lipinski definition) is 1. The minimum absolute atomic E-state index is 0.0132. The monoisotopic (exact) mass is 532 g/mol. The van der Waals surface area contributed by atoms with Gasteiger partial charge in [0.15, 0.2) is 0 Å². The molecule has 2 bridgehead atoms. The van der Waals surface area contributed by atoms with Crippen LogP contribution < -0.4 is 0 Å². The summed E-state index contributed by atoms with van der Waals surface area (Å²) in [5.41, 5.74) is 5.04. The predicted octanol–water partition coefficient (Wildman–Crippen LogP) is 6.57. The van der Waals surface area contributed by atoms with Crippen LogP contribution in [0.2, 0.25) is 0 Å². The number of nitrogens with zero attached hydrogens (tertiary/aromatic N) is 2. The summed E-state index contributed by atoms with van der Waals surface area (Å²) in [5, 5.41) is 10.7. The van der Waals surface area contributed by atoms with Crippen LogP contribution in [-0.2, 0) is 18.4 Å². The molecule has 4 fully saturated rings. The van der Waals surface area contributed by atoms with E-state index in [4.69, 9.17) is 0 Å². The Balaban J connectivity index is 1.23. The number of likely N-dealkylation sites (tertiary alicyclic amines) is 1. The fourth-order valence-electron chi connectivity index (χ4n) is 9.75. The van der Waals surface area contributed by atoms with Crippen molar-refractivity contribution < 1.29 is 9.90 Å². The van der Waals surface area contributed by atoms with E-state index in [-0.39, 0.29) is 22.8 Å². The number of amides is 1. The van der Waals surface area contributed by atoms with Gasteiger partial charge >= 0.3 is 0 Å². The van der Waals surface area contributed by atoms with E-state index in [1.807, 2.05) is 36.4 Å². The number of phenols is 1. The summed E-state index contributed by atoms with van der Waals surface area (Å²) in [4.78, 5) is 19.5. The zero-order chi connectivity index (χ0) is 26.9. The van der Waals surface area contributed by atoms with Crippen LogP contribution in [0.15, 0.2) is 78.9 Å². The molecule has 4 aliphatic carbocycles. The van der Waals surface area contributed by atoms with Crippen molar-refractivity contribution in [1.29, 1.82) is 0 Å². The molecule has 1 saturated heterocycles. The molecule has 0 radical (unpaired) electrons. The highest BCUT2D eigenvalue weighted by Gasteiger charge is 2.69. The lowest BCUT2D eigenvalue weighted by atomic mass is 9.44. The molecule has 1 N–H and O–H groups in total. The normalized spacial score (nSPS) is 32.2. The second-order valence-electron chi connectivity index (χ2n) is 13.6. The lowest BCUT2D eigenvalue weighted by Crippen LogP contribution is -2.70. The van der Waals surface area contributed by atoms with Crippen LogP contribution in [0.5, 0.6) is 5.75 Å². The molecule has 4 heteroatoms. The topological polar surface area (TPSA) is 43.8 Å². The number of carbonyl (C=O) groups excluding carboxylic acids is 1. The van der Waals surface area contributed by atoms with Gasteiger partial charge in [0, 0.05) is 41.6 Å². The average molecular weight is 533 g/mol. The smallest absolute Gasteiger partial charge is 0.254 e. The Bertz CT molecular complexity index is 1420. The number of phenolic OH excluding ortho intramolecular Hbond substituents is 1. The number of carbonyl (C=O) groups is 1. The maximum Gasteiger partial charge on any atom is 0.254 e. The first-order valence-electron chi connectivity index (χ1n) is 15.5. The highest BCUT2D eigenvalue weighted by atomic mass is 16.3. The van der Waals surface area contributed by atoms with Gasteiger partial charge in [0.2, 0.25) is 0 Å². The summed E-state index contributed by atoms with van der Waals surface area (Å²) in [6.45, 7) is 3.05. The first-order chi connectivity index (χ1) is 19.6. The molecule has 3 saturated carbocycles. The van der Waals surface area contributed by atoms with E-state index >= 15 is 0 Å². The Labute approximate surface area is 238 Å². The van der Waals surface area contributed by atoms with Crippen molar-refractivity contribution in [1.82, 2.24) is 9.80 Å². The highest BCUT2D eigenvalue weighted by Crippen LogP contribution is 2.70. The second-order valence-corrected chi connectivity index (χ2v) is 13.6. The Morgan fingerprint density at radius 3 is 2.48 bits per heavy atom. The molecule has 5 atom stereocenters. The quantitative estimate of drug-likeness (QED) is 0.390. The van der Waals surface area contributed by atoms with Gasteiger partial charge in [-0.3, -0.25) is 9.69 Å². The molecule has 5 aliphatic rings. The minimum Gasteiger partial charge on any atom is -0.508 e. The van der Waals surface area contributed by atoms with Gasteiger partial charge in [-0.05, 0) is 111 Å². The van der Waals surface area contributed by atoms with E-state index in [2.05, 4.69) is 52.3 Å². The van der Waals surface area contributed by atoms with Crippen LogP contribution in [0.4, 0.5) is 0 Å². The van der Waals surface area contributed by atoms with E-state index in [1.165, 1.54) is 55.3 Å². The van der Waals surface area contributed by atoms with Crippen molar-refractivity contribution in [3.63, 3.8) is 0 Å². The van der Waals surface area contributed by atoms with Gasteiger partial charge < -0.3 is 10.0 Å². The molecule has 3 aromatic carbocycles. The minimum atomic E-state index is 0.0132. The van der Waals surface area contributed by atoms with Crippen LogP contribution in [-0.4, -0.2) is 46.0 Å². The molecule has 1 amide bonds. The fourth-order valence-corrected chi connectivity index (χ4v) is 9.75. The summed E-state index contributed by atoms with van der Waals surface area (Å²) in [5.74, 6) is 1.94. The predicted molar refractivity (Wildman–Crippen MR) is 157 cm³/mol. The van der Waals surface area contributed by atoms with Crippen LogP contribution in [0.3, 0.4) is 0 Å². The number of aromatic hydroxyl groups is 1. The molecule has 1 heterocycles. The maximum atomic E-state index is 14.3. The number of piperidine rings is 1. The number of rotatable bonds is 6. The number of fused-ring (bicyclic) bond motifs is 2. The van der Waals surface area contributed by atoms with Crippen LogP contribution in [0.1, 0.15) is 72.0 Å². The summed E-state index contributed by atoms with van der Waals surface area (Å²) in [6.07, 6.45) is 9.68. The van der Waals surface area contributed by atoms with E-state index < -0.39 is 0 Å². The van der Waals surface area contributed by atoms with Crippen LogP contribution in [0.25, 0.3) is 0 Å². The van der Waals surface area contributed by atoms with Crippen LogP contribution >= 0.6 is 0 Å². The molecule has 0 aromatic heterocycles. The van der Waals surface area contributed by atoms with Gasteiger partial charge in [0.25, 0.3) is 5.91 Å². The van der Waals surface area contributed by atoms with Crippen molar-refractivity contribution >= 4 is 5.91 Å². The number of benzene rings is 3. The van der Waals surface area contributed by atoms with Gasteiger partial charge in [-0.15, -0.1) is 0 Å². The standard InChI is InChI=1S/C36H40N2O2/c39-30-15-13-28-20-36-21-29-14-16-33(36)37(23-26-11-12-26)18-17-35(36,31(28)19-30)22-32(29)38(24-25-7-3-1-4-8-25)34(40)27-9-5-2-6-10-27/h1-10,13,15,19,26,29,32-33,39H,11-12,14,16-18,20-24H2/t29?,32-,33?,35?,36?/m0/s1. The molecular weight excluding hydrogens is 492 g/mol. The Morgan fingerprint density at radius 2 is 1.70 bits per heavy atom. The molecule has 4 unspecified atom stereocenters. The molecule has 206 valence electrons. The van der Waals surface area contributed by atoms with Gasteiger partial charge in [-0.25, -0.2) is 0 Å². The molecular formula is C36H40N2O2. The third kappa shape index (κ3) is 3.71. The van der Waals surface area contributed by atoms with Crippen LogP contribution in [0, 0.1) is 17.3 Å². The van der Waals surface area contributed by atoms with Gasteiger partial charge in [0.1, 0.15) is 5.75 Å². The Kier molecular flexibility index (Phi) is 5.68. The summed E-state index contributed by atoms with van der Waals surface area (Å²) in [7, 11) is 0. The largest absolute Gasteiger partial charge is 0.508 e. The summed E-state index contributed by atoms with van der Waals surface area (Å²) in [6, 6.07) is 27.5. The van der Waals surface area contributed by atoms with Crippen molar-refractivity contribution in [2.75, 3.05) is 13.1 Å². The molecule has 40 heavy (non-hydrogen) atoms. The second kappa shape index (κ2) is 9.21. The van der Waals surface area contributed by atoms with Crippen molar-refractivity contribution in [2.45, 2.75) is 75.4 Å². The lowest BCUT2D eigenvalue weighted by Gasteiger charge is -2.67. The van der Waals surface area contributed by atoms with E-state index in [0.717, 1.165) is 37.3 Å². The molecule has 1 spiro atoms. The van der Waals surface area contributed by atoms with E-state index in [1.54, 1.807) is 0 Å².